The Morgan fingerprint density at radius 1 is 0.939 bits per heavy atom. The Bertz CT molecular complexity index is 1240. The van der Waals surface area contributed by atoms with Crippen LogP contribution in [0.2, 0.25) is 0 Å². The van der Waals surface area contributed by atoms with Gasteiger partial charge in [-0.3, -0.25) is 9.59 Å². The van der Waals surface area contributed by atoms with Gasteiger partial charge in [-0.2, -0.15) is 0 Å². The van der Waals surface area contributed by atoms with Crippen LogP contribution in [0.1, 0.15) is 68.4 Å². The van der Waals surface area contributed by atoms with Crippen molar-refractivity contribution in [3.05, 3.63) is 53.3 Å². The fraction of sp³-hybridized carbons (Fsp3) is 0.622. The molecular formula is C37H58FN5O6. The number of piperazine rings is 1. The van der Waals surface area contributed by atoms with Crippen LogP contribution in [0.25, 0.3) is 0 Å². The van der Waals surface area contributed by atoms with E-state index in [1.807, 2.05) is 17.0 Å². The molecule has 3 saturated heterocycles. The van der Waals surface area contributed by atoms with Crippen LogP contribution in [0.5, 0.6) is 11.5 Å². The summed E-state index contributed by atoms with van der Waals surface area (Å²) in [6, 6.07) is 10.7. The van der Waals surface area contributed by atoms with Gasteiger partial charge in [0, 0.05) is 90.2 Å². The molecular weight excluding hydrogens is 629 g/mol. The van der Waals surface area contributed by atoms with Crippen molar-refractivity contribution in [3.63, 3.8) is 0 Å². The van der Waals surface area contributed by atoms with E-state index in [1.54, 1.807) is 12.1 Å². The molecule has 0 spiro atoms. The molecule has 0 radical (unpaired) electrons. The highest BCUT2D eigenvalue weighted by molar-refractivity contribution is 5.81. The molecule has 4 aliphatic rings. The molecule has 1 atom stereocenters. The lowest BCUT2D eigenvalue weighted by Crippen LogP contribution is -2.43. The number of rotatable bonds is 12. The molecule has 274 valence electrons. The van der Waals surface area contributed by atoms with Gasteiger partial charge in [-0.15, -0.1) is 0 Å². The van der Waals surface area contributed by atoms with E-state index in [1.165, 1.54) is 32.0 Å². The molecule has 4 fully saturated rings. The van der Waals surface area contributed by atoms with Gasteiger partial charge in [0.25, 0.3) is 0 Å². The van der Waals surface area contributed by atoms with Crippen LogP contribution in [0.4, 0.5) is 10.1 Å². The zero-order chi connectivity index (χ0) is 35.4. The number of aryl methyl sites for hydroxylation is 1. The largest absolute Gasteiger partial charge is 0.508 e. The summed E-state index contributed by atoms with van der Waals surface area (Å²) < 4.78 is 20.8. The minimum Gasteiger partial charge on any atom is -0.508 e. The molecule has 3 aliphatic heterocycles. The number of amides is 2. The lowest BCUT2D eigenvalue weighted by atomic mass is 9.87. The Labute approximate surface area is 291 Å². The predicted molar refractivity (Wildman–Crippen MR) is 191 cm³/mol. The molecule has 2 aromatic carbocycles. The van der Waals surface area contributed by atoms with Crippen LogP contribution in [-0.2, 0) is 16.0 Å². The third-order valence-corrected chi connectivity index (χ3v) is 9.31. The first-order chi connectivity index (χ1) is 24.0. The second-order valence-electron chi connectivity index (χ2n) is 12.7. The number of ether oxygens (including phenoxy) is 1. The van der Waals surface area contributed by atoms with Crippen LogP contribution in [0, 0.1) is 11.7 Å². The van der Waals surface area contributed by atoms with E-state index >= 15 is 0 Å². The van der Waals surface area contributed by atoms with Crippen molar-refractivity contribution >= 4 is 18.0 Å². The molecule has 2 aromatic rings. The van der Waals surface area contributed by atoms with Crippen LogP contribution in [0.3, 0.4) is 0 Å². The molecule has 3 heterocycles. The number of phenols is 1. The third kappa shape index (κ3) is 13.4. The number of aliphatic hydroxyl groups excluding tert-OH is 2. The highest BCUT2D eigenvalue weighted by Crippen LogP contribution is 2.37. The third-order valence-electron chi connectivity index (χ3n) is 9.31. The highest BCUT2D eigenvalue weighted by Gasteiger charge is 2.35. The number of nitrogens with one attached hydrogen (secondary N) is 3. The normalized spacial score (nSPS) is 18.1. The Hall–Kier alpha value is -3.45. The minimum absolute atomic E-state index is 0.223. The minimum atomic E-state index is -0.330. The summed E-state index contributed by atoms with van der Waals surface area (Å²) in [6.07, 6.45) is 8.98. The van der Waals surface area contributed by atoms with Crippen molar-refractivity contribution in [2.75, 3.05) is 78.0 Å². The number of nitrogens with zero attached hydrogens (tertiary/aromatic N) is 2. The summed E-state index contributed by atoms with van der Waals surface area (Å²) in [4.78, 5) is 27.4. The molecule has 49 heavy (non-hydrogen) atoms. The number of phenolic OH excluding ortho intramolecular Hbond substituents is 1. The maximum Gasteiger partial charge on any atom is 0.225 e. The molecule has 6 N–H and O–H groups in total. The van der Waals surface area contributed by atoms with Crippen LogP contribution >= 0.6 is 0 Å². The van der Waals surface area contributed by atoms with Gasteiger partial charge in [0.1, 0.15) is 23.4 Å². The van der Waals surface area contributed by atoms with Crippen LogP contribution in [-0.4, -0.2) is 112 Å². The van der Waals surface area contributed by atoms with E-state index in [2.05, 4.69) is 26.9 Å². The summed E-state index contributed by atoms with van der Waals surface area (Å²) >= 11 is 0. The predicted octanol–water partition coefficient (Wildman–Crippen LogP) is 3.16. The number of likely N-dealkylation sites (tertiary alicyclic amines) is 1. The van der Waals surface area contributed by atoms with Gasteiger partial charge in [0.15, 0.2) is 0 Å². The van der Waals surface area contributed by atoms with Crippen molar-refractivity contribution in [1.82, 2.24) is 20.9 Å². The van der Waals surface area contributed by atoms with Gasteiger partial charge in [0.2, 0.25) is 12.3 Å². The summed E-state index contributed by atoms with van der Waals surface area (Å²) in [7, 11) is 2.00. The number of carbonyl (C=O) groups is 2. The lowest BCUT2D eigenvalue weighted by Gasteiger charge is -2.32. The van der Waals surface area contributed by atoms with Crippen molar-refractivity contribution < 1.29 is 34.0 Å². The number of aliphatic hydroxyl groups is 2. The van der Waals surface area contributed by atoms with Crippen molar-refractivity contribution in [2.24, 2.45) is 5.92 Å². The summed E-state index contributed by atoms with van der Waals surface area (Å²) in [6.45, 7) is 7.80. The fourth-order valence-corrected chi connectivity index (χ4v) is 6.52. The Morgan fingerprint density at radius 3 is 2.22 bits per heavy atom. The topological polar surface area (TPSA) is 147 Å². The first-order valence-corrected chi connectivity index (χ1v) is 17.8. The number of halogens is 1. The lowest BCUT2D eigenvalue weighted by molar-refractivity contribution is -0.133. The van der Waals surface area contributed by atoms with E-state index in [0.29, 0.717) is 43.2 Å². The molecule has 1 unspecified atom stereocenters. The smallest absolute Gasteiger partial charge is 0.225 e. The molecule has 2 amide bonds. The van der Waals surface area contributed by atoms with Gasteiger partial charge in [-0.05, 0) is 93.6 Å². The van der Waals surface area contributed by atoms with E-state index in [4.69, 9.17) is 14.9 Å². The first-order valence-electron chi connectivity index (χ1n) is 17.8. The quantitative estimate of drug-likeness (QED) is 0.146. The van der Waals surface area contributed by atoms with Crippen molar-refractivity contribution in [3.8, 4) is 11.5 Å². The second kappa shape index (κ2) is 22.3. The number of anilines is 1. The Kier molecular flexibility index (Phi) is 18.2. The summed E-state index contributed by atoms with van der Waals surface area (Å²) in [5.74, 6) is 1.23. The zero-order valence-electron chi connectivity index (χ0n) is 29.3. The van der Waals surface area contributed by atoms with Crippen molar-refractivity contribution in [1.29, 1.82) is 0 Å². The average Bonchev–Trinajstić information content (AvgIpc) is 3.82. The molecule has 6 rings (SSSR count). The first kappa shape index (κ1) is 40.0. The standard InChI is InChI=1S/C31H41FN4O4.C4H9N.2CH4O/c32-25-18-26(35-15-11-33-12-16-35)20-28(19-25)40-27(7-10-34-21-37)5-1-22-2-6-30(38)29(17-22)23-8-13-36(14-9-23)31(39)24-3-4-24;1-2-4-5-3-1;2*1-2/h2,6,17-21,23-24,27,33,38H,1,3-5,7-16H2,(H,34,37);5H,1-4H2;2*2H,1H3. The number of aromatic hydroxyl groups is 1. The number of benzene rings is 2. The zero-order valence-corrected chi connectivity index (χ0v) is 29.3. The number of carbonyl (C=O) groups excluding carboxylic acids is 2. The Morgan fingerprint density at radius 2 is 1.61 bits per heavy atom. The number of piperidine rings is 1. The summed E-state index contributed by atoms with van der Waals surface area (Å²) in [5.41, 5.74) is 2.86. The monoisotopic (exact) mass is 687 g/mol. The van der Waals surface area contributed by atoms with E-state index in [9.17, 15) is 19.1 Å². The molecule has 0 bridgehead atoms. The molecule has 0 aromatic heterocycles. The van der Waals surface area contributed by atoms with Crippen LogP contribution < -0.4 is 25.6 Å². The molecule has 11 nitrogen and oxygen atoms in total. The molecule has 1 aliphatic carbocycles. The van der Waals surface area contributed by atoms with Crippen LogP contribution in [0.15, 0.2) is 36.4 Å². The average molecular weight is 688 g/mol. The molecule has 1 saturated carbocycles. The van der Waals surface area contributed by atoms with Gasteiger partial charge in [-0.1, -0.05) is 12.1 Å². The van der Waals surface area contributed by atoms with Gasteiger partial charge in [0.05, 0.1) is 0 Å². The summed E-state index contributed by atoms with van der Waals surface area (Å²) in [5, 5.41) is 33.9. The van der Waals surface area contributed by atoms with E-state index < -0.39 is 0 Å². The van der Waals surface area contributed by atoms with E-state index in [0.717, 1.165) is 102 Å². The van der Waals surface area contributed by atoms with E-state index in [-0.39, 0.29) is 23.8 Å². The maximum absolute atomic E-state index is 14.5. The second-order valence-corrected chi connectivity index (χ2v) is 12.7. The maximum atomic E-state index is 14.5. The van der Waals surface area contributed by atoms with Gasteiger partial charge in [-0.25, -0.2) is 4.39 Å². The van der Waals surface area contributed by atoms with Gasteiger partial charge < -0.3 is 45.8 Å². The number of hydrogen-bond acceptors (Lipinski definition) is 9. The molecule has 12 heteroatoms. The van der Waals surface area contributed by atoms with Gasteiger partial charge >= 0.3 is 0 Å². The Balaban J connectivity index is 0.000000643. The number of hydrogen-bond donors (Lipinski definition) is 6. The fourth-order valence-electron chi connectivity index (χ4n) is 6.52. The highest BCUT2D eigenvalue weighted by atomic mass is 19.1. The van der Waals surface area contributed by atoms with Crippen molar-refractivity contribution in [2.45, 2.75) is 69.8 Å². The SMILES string of the molecule is C1CCNC1.CO.CO.O=CNCCC(CCc1ccc(O)c(C2CCN(C(=O)C3CC3)CC2)c1)Oc1cc(F)cc(N2CCNCC2)c1.